The summed E-state index contributed by atoms with van der Waals surface area (Å²) >= 11 is 29.1. The van der Waals surface area contributed by atoms with Gasteiger partial charge in [-0.1, -0.05) is 77.9 Å². The smallest absolute Gasteiger partial charge is 0.323 e. The topological polar surface area (TPSA) is 197 Å². The van der Waals surface area contributed by atoms with E-state index in [1.165, 1.54) is 18.2 Å². The zero-order valence-electron chi connectivity index (χ0n) is 21.9. The molecular weight excluding hydrogens is 716 g/mol. The Bertz CT molecular complexity index is 1760. The molecule has 3 aromatic carbocycles. The Hall–Kier alpha value is -2.60. The van der Waals surface area contributed by atoms with Gasteiger partial charge in [-0.3, -0.25) is 10.1 Å². The van der Waals surface area contributed by atoms with E-state index < -0.39 is 57.3 Å². The van der Waals surface area contributed by atoms with Crippen molar-refractivity contribution in [2.24, 2.45) is 0 Å². The summed E-state index contributed by atoms with van der Waals surface area (Å²) in [6.07, 6.45) is 0. The molecule has 0 saturated heterocycles. The van der Waals surface area contributed by atoms with Crippen LogP contribution in [0.2, 0.25) is 25.1 Å². The van der Waals surface area contributed by atoms with Gasteiger partial charge in [0, 0.05) is 19.2 Å². The third kappa shape index (κ3) is 9.20. The summed E-state index contributed by atoms with van der Waals surface area (Å²) in [5, 5.41) is 25.2. The van der Waals surface area contributed by atoms with E-state index in [9.17, 15) is 36.9 Å². The molecule has 3 aromatic rings. The van der Waals surface area contributed by atoms with Crippen molar-refractivity contribution in [2.45, 2.75) is 23.6 Å². The number of anilines is 2. The summed E-state index contributed by atoms with van der Waals surface area (Å²) < 4.78 is 52.2. The second-order valence-electron chi connectivity index (χ2n) is 7.92. The quantitative estimate of drug-likeness (QED) is 0.0932. The molecule has 0 aliphatic carbocycles. The number of aromatic hydroxyl groups is 1. The van der Waals surface area contributed by atoms with Gasteiger partial charge in [0.25, 0.3) is 5.69 Å². The average Bonchev–Trinajstić information content (AvgIpc) is 2.88. The number of phenols is 1. The first-order valence-electron chi connectivity index (χ1n) is 11.6. The minimum Gasteiger partial charge on any atom is -0.504 e. The molecule has 0 radical (unpaired) electrons. The first-order chi connectivity index (χ1) is 20.0. The SMILES string of the molecule is CCNS(=O)(=O)c1c(Cl)ccc(NC(=O)Nc2cccc(Cl)c2Cl)c1O.CCNS(=O)(=O)c1c(Cl)ccc([N+](=O)[O-])c1Cl. The third-order valence-electron chi connectivity index (χ3n) is 4.96. The predicted molar refractivity (Wildman–Crippen MR) is 167 cm³/mol. The lowest BCUT2D eigenvalue weighted by atomic mass is 10.3. The van der Waals surface area contributed by atoms with Crippen molar-refractivity contribution in [3.63, 3.8) is 0 Å². The van der Waals surface area contributed by atoms with Crippen LogP contribution in [0.15, 0.2) is 52.3 Å². The number of nitrogens with one attached hydrogen (secondary N) is 4. The molecule has 234 valence electrons. The molecule has 0 unspecified atom stereocenters. The fraction of sp³-hybridized carbons (Fsp3) is 0.174. The number of carbonyl (C=O) groups is 1. The normalized spacial score (nSPS) is 11.3. The van der Waals surface area contributed by atoms with Crippen LogP contribution in [0.3, 0.4) is 0 Å². The summed E-state index contributed by atoms with van der Waals surface area (Å²) in [5.74, 6) is -0.689. The van der Waals surface area contributed by atoms with Crippen LogP contribution in [0.4, 0.5) is 21.9 Å². The highest BCUT2D eigenvalue weighted by Gasteiger charge is 2.28. The Morgan fingerprint density at radius 2 is 1.28 bits per heavy atom. The minimum atomic E-state index is -4.04. The van der Waals surface area contributed by atoms with E-state index in [1.807, 2.05) is 0 Å². The third-order valence-corrected chi connectivity index (χ3v) is 10.4. The monoisotopic (exact) mass is 735 g/mol. The highest BCUT2D eigenvalue weighted by atomic mass is 35.5. The van der Waals surface area contributed by atoms with Crippen LogP contribution < -0.4 is 20.1 Å². The molecule has 13 nitrogen and oxygen atoms in total. The van der Waals surface area contributed by atoms with Crippen molar-refractivity contribution >= 4 is 101 Å². The predicted octanol–water partition coefficient (Wildman–Crippen LogP) is 6.49. The summed E-state index contributed by atoms with van der Waals surface area (Å²) in [7, 11) is -7.99. The summed E-state index contributed by atoms with van der Waals surface area (Å²) in [6.45, 7) is 3.37. The largest absolute Gasteiger partial charge is 0.504 e. The van der Waals surface area contributed by atoms with E-state index >= 15 is 0 Å². The van der Waals surface area contributed by atoms with Gasteiger partial charge in [-0.2, -0.15) is 0 Å². The maximum absolute atomic E-state index is 12.2. The van der Waals surface area contributed by atoms with Gasteiger partial charge in [0.05, 0.1) is 36.4 Å². The molecule has 20 heteroatoms. The number of nitrogens with zero attached hydrogens (tertiary/aromatic N) is 1. The lowest BCUT2D eigenvalue weighted by Gasteiger charge is -2.14. The summed E-state index contributed by atoms with van der Waals surface area (Å²) in [4.78, 5) is 21.0. The number of rotatable bonds is 9. The lowest BCUT2D eigenvalue weighted by molar-refractivity contribution is -0.384. The summed E-state index contributed by atoms with van der Waals surface area (Å²) in [6, 6.07) is 8.58. The number of phenolic OH excluding ortho intramolecular Hbond substituents is 1. The Morgan fingerprint density at radius 1 is 0.767 bits per heavy atom. The summed E-state index contributed by atoms with van der Waals surface area (Å²) in [5.41, 5.74) is -0.417. The number of halogens is 5. The molecule has 0 spiro atoms. The van der Waals surface area contributed by atoms with E-state index in [0.29, 0.717) is 0 Å². The first-order valence-corrected chi connectivity index (χ1v) is 16.5. The molecule has 0 saturated carbocycles. The van der Waals surface area contributed by atoms with Gasteiger partial charge in [-0.05, 0) is 30.3 Å². The number of benzene rings is 3. The van der Waals surface area contributed by atoms with Gasteiger partial charge in [-0.15, -0.1) is 0 Å². The minimum absolute atomic E-state index is 0.101. The van der Waals surface area contributed by atoms with E-state index in [-0.39, 0.29) is 44.6 Å². The van der Waals surface area contributed by atoms with Gasteiger partial charge in [0.1, 0.15) is 14.8 Å². The number of hydrogen-bond acceptors (Lipinski definition) is 8. The average molecular weight is 738 g/mol. The van der Waals surface area contributed by atoms with Crippen LogP contribution in [-0.4, -0.2) is 46.0 Å². The van der Waals surface area contributed by atoms with E-state index in [0.717, 1.165) is 12.1 Å². The zero-order chi connectivity index (χ0) is 32.7. The molecule has 43 heavy (non-hydrogen) atoms. The Morgan fingerprint density at radius 3 is 1.84 bits per heavy atom. The number of amides is 2. The van der Waals surface area contributed by atoms with Crippen molar-refractivity contribution in [2.75, 3.05) is 23.7 Å². The second-order valence-corrected chi connectivity index (χ2v) is 13.3. The number of nitro benzene ring substituents is 1. The van der Waals surface area contributed by atoms with Gasteiger partial charge < -0.3 is 15.7 Å². The van der Waals surface area contributed by atoms with Crippen molar-refractivity contribution in [1.82, 2.24) is 9.44 Å². The van der Waals surface area contributed by atoms with E-state index in [2.05, 4.69) is 20.1 Å². The standard InChI is InChI=1S/C15H14Cl3N3O4S.C8H8Cl2N2O4S/c1-2-19-26(24,25)14-9(17)6-7-11(13(14)22)21-15(23)20-10-5-3-4-8(16)12(10)18;1-2-11-17(15,16)8-5(9)3-4-6(7(8)10)12(13)14/h3-7,19,22H,2H2,1H3,(H2,20,21,23);3-4,11H,2H2,1H3. The zero-order valence-corrected chi connectivity index (χ0v) is 27.3. The maximum Gasteiger partial charge on any atom is 0.323 e. The number of sulfonamides is 2. The highest BCUT2D eigenvalue weighted by Crippen LogP contribution is 2.38. The molecule has 0 aliphatic rings. The van der Waals surface area contributed by atoms with Crippen LogP contribution >= 0.6 is 58.0 Å². The molecule has 3 rings (SSSR count). The Kier molecular flexibility index (Phi) is 13.1. The number of urea groups is 1. The number of carbonyl (C=O) groups excluding carboxylic acids is 1. The first kappa shape index (κ1) is 36.6. The molecule has 0 bridgehead atoms. The van der Waals surface area contributed by atoms with Crippen LogP contribution in [0, 0.1) is 10.1 Å². The molecule has 2 amide bonds. The Labute approximate surface area is 271 Å². The highest BCUT2D eigenvalue weighted by molar-refractivity contribution is 7.90. The van der Waals surface area contributed by atoms with E-state index in [1.54, 1.807) is 26.0 Å². The van der Waals surface area contributed by atoms with Crippen LogP contribution in [0.5, 0.6) is 5.75 Å². The molecule has 0 heterocycles. The van der Waals surface area contributed by atoms with Gasteiger partial charge in [0.15, 0.2) is 5.75 Å². The lowest BCUT2D eigenvalue weighted by Crippen LogP contribution is -2.24. The van der Waals surface area contributed by atoms with Gasteiger partial charge in [0.2, 0.25) is 20.0 Å². The van der Waals surface area contributed by atoms with Gasteiger partial charge >= 0.3 is 6.03 Å². The van der Waals surface area contributed by atoms with Gasteiger partial charge in [-0.25, -0.2) is 31.1 Å². The van der Waals surface area contributed by atoms with Crippen molar-refractivity contribution in [3.05, 3.63) is 77.7 Å². The number of hydrogen-bond donors (Lipinski definition) is 5. The number of nitro groups is 1. The van der Waals surface area contributed by atoms with Crippen LogP contribution in [0.25, 0.3) is 0 Å². The fourth-order valence-electron chi connectivity index (χ4n) is 3.21. The van der Waals surface area contributed by atoms with Crippen molar-refractivity contribution < 1.29 is 31.7 Å². The van der Waals surface area contributed by atoms with Crippen LogP contribution in [0.1, 0.15) is 13.8 Å². The molecular formula is C23H22Cl5N5O8S2. The fourth-order valence-corrected chi connectivity index (χ4v) is 7.47. The Balaban J connectivity index is 0.000000329. The van der Waals surface area contributed by atoms with Crippen LogP contribution in [-0.2, 0) is 20.0 Å². The van der Waals surface area contributed by atoms with Crippen molar-refractivity contribution in [1.29, 1.82) is 0 Å². The van der Waals surface area contributed by atoms with Crippen molar-refractivity contribution in [3.8, 4) is 5.75 Å². The van der Waals surface area contributed by atoms with E-state index in [4.69, 9.17) is 58.0 Å². The molecule has 0 aromatic heterocycles. The molecule has 0 aliphatic heterocycles. The maximum atomic E-state index is 12.2. The second kappa shape index (κ2) is 15.4. The molecule has 0 atom stereocenters. The molecule has 5 N–H and O–H groups in total. The molecule has 0 fully saturated rings.